The molecule has 0 atom stereocenters. The molecule has 2 amide bonds. The van der Waals surface area contributed by atoms with E-state index in [1.165, 1.54) is 11.8 Å². The maximum Gasteiger partial charge on any atom is 0.239 e. The zero-order valence-electron chi connectivity index (χ0n) is 10.5. The summed E-state index contributed by atoms with van der Waals surface area (Å²) in [6.07, 6.45) is 0. The normalized spacial score (nSPS) is 14.8. The van der Waals surface area contributed by atoms with Crippen LogP contribution in [0.5, 0.6) is 0 Å². The molecule has 0 radical (unpaired) electrons. The van der Waals surface area contributed by atoms with Crippen molar-refractivity contribution in [3.63, 3.8) is 0 Å². The molecule has 0 saturated carbocycles. The molecule has 1 saturated heterocycles. The van der Waals surface area contributed by atoms with Gasteiger partial charge in [-0.1, -0.05) is 24.3 Å². The van der Waals surface area contributed by atoms with Crippen LogP contribution in [0.4, 0.5) is 0 Å². The van der Waals surface area contributed by atoms with Crippen molar-refractivity contribution in [2.75, 3.05) is 18.2 Å². The molecule has 1 fully saturated rings. The first-order valence-corrected chi connectivity index (χ1v) is 7.15. The lowest BCUT2D eigenvalue weighted by atomic mass is 10.1. The van der Waals surface area contributed by atoms with E-state index in [1.807, 2.05) is 24.3 Å². The van der Waals surface area contributed by atoms with E-state index in [-0.39, 0.29) is 25.0 Å². The van der Waals surface area contributed by atoms with Crippen LogP contribution in [0.25, 0.3) is 0 Å². The minimum atomic E-state index is -0.151. The van der Waals surface area contributed by atoms with Gasteiger partial charge in [0.25, 0.3) is 0 Å². The van der Waals surface area contributed by atoms with Crippen LogP contribution in [0, 0.1) is 0 Å². The van der Waals surface area contributed by atoms with Crippen molar-refractivity contribution in [2.24, 2.45) is 0 Å². The summed E-state index contributed by atoms with van der Waals surface area (Å²) in [6.45, 7) is 0.571. The first-order valence-electron chi connectivity index (χ1n) is 6.00. The fourth-order valence-electron chi connectivity index (χ4n) is 1.73. The van der Waals surface area contributed by atoms with Crippen LogP contribution in [-0.2, 0) is 22.7 Å². The highest BCUT2D eigenvalue weighted by molar-refractivity contribution is 8.00. The lowest BCUT2D eigenvalue weighted by molar-refractivity contribution is -0.132. The van der Waals surface area contributed by atoms with Crippen molar-refractivity contribution >= 4 is 23.6 Å². The number of rotatable bonds is 5. The zero-order chi connectivity index (χ0) is 13.7. The highest BCUT2D eigenvalue weighted by Crippen LogP contribution is 2.13. The average Bonchev–Trinajstić information content (AvgIpc) is 2.82. The SMILES string of the molecule is O=C(CN1CSCC1=O)NCc1ccc(CO)cc1. The van der Waals surface area contributed by atoms with E-state index in [0.29, 0.717) is 18.2 Å². The summed E-state index contributed by atoms with van der Waals surface area (Å²) in [6, 6.07) is 7.37. The lowest BCUT2D eigenvalue weighted by Crippen LogP contribution is -2.37. The molecule has 19 heavy (non-hydrogen) atoms. The molecule has 0 bridgehead atoms. The van der Waals surface area contributed by atoms with Crippen molar-refractivity contribution < 1.29 is 14.7 Å². The van der Waals surface area contributed by atoms with Gasteiger partial charge >= 0.3 is 0 Å². The van der Waals surface area contributed by atoms with Crippen LogP contribution in [0.1, 0.15) is 11.1 Å². The van der Waals surface area contributed by atoms with Crippen LogP contribution in [0.3, 0.4) is 0 Å². The summed E-state index contributed by atoms with van der Waals surface area (Å²) in [7, 11) is 0. The fourth-order valence-corrected chi connectivity index (χ4v) is 2.64. The number of benzene rings is 1. The molecule has 2 N–H and O–H groups in total. The Morgan fingerprint density at radius 1 is 1.32 bits per heavy atom. The molecule has 0 aromatic heterocycles. The molecule has 0 unspecified atom stereocenters. The van der Waals surface area contributed by atoms with Crippen molar-refractivity contribution in [3.8, 4) is 0 Å². The largest absolute Gasteiger partial charge is 0.392 e. The molecule has 5 nitrogen and oxygen atoms in total. The van der Waals surface area contributed by atoms with E-state index in [2.05, 4.69) is 5.32 Å². The van der Waals surface area contributed by atoms with Crippen LogP contribution < -0.4 is 5.32 Å². The second-order valence-corrected chi connectivity index (χ2v) is 5.28. The van der Waals surface area contributed by atoms with Gasteiger partial charge in [-0.05, 0) is 11.1 Å². The van der Waals surface area contributed by atoms with Crippen molar-refractivity contribution in [2.45, 2.75) is 13.2 Å². The van der Waals surface area contributed by atoms with E-state index in [4.69, 9.17) is 5.11 Å². The molecule has 1 aliphatic heterocycles. The number of amides is 2. The third-order valence-electron chi connectivity index (χ3n) is 2.86. The molecule has 1 aliphatic rings. The van der Waals surface area contributed by atoms with Gasteiger partial charge in [0.15, 0.2) is 0 Å². The van der Waals surface area contributed by atoms with Gasteiger partial charge in [-0.25, -0.2) is 0 Å². The average molecular weight is 280 g/mol. The Hall–Kier alpha value is -1.53. The Bertz CT molecular complexity index is 461. The van der Waals surface area contributed by atoms with Gasteiger partial charge in [0.2, 0.25) is 11.8 Å². The Labute approximate surface area is 116 Å². The van der Waals surface area contributed by atoms with Gasteiger partial charge in [0, 0.05) is 6.54 Å². The Balaban J connectivity index is 1.77. The van der Waals surface area contributed by atoms with Gasteiger partial charge in [0.1, 0.15) is 6.54 Å². The maximum atomic E-state index is 11.7. The fraction of sp³-hybridized carbons (Fsp3) is 0.385. The van der Waals surface area contributed by atoms with Gasteiger partial charge in [-0.15, -0.1) is 11.8 Å². The molecular formula is C13H16N2O3S. The number of hydrogen-bond acceptors (Lipinski definition) is 4. The number of thioether (sulfide) groups is 1. The molecule has 1 aromatic rings. The third-order valence-corrected chi connectivity index (χ3v) is 3.80. The summed E-state index contributed by atoms with van der Waals surface area (Å²) in [5.74, 6) is 0.933. The molecular weight excluding hydrogens is 264 g/mol. The number of hydrogen-bond donors (Lipinski definition) is 2. The molecule has 102 valence electrons. The number of carbonyl (C=O) groups excluding carboxylic acids is 2. The summed E-state index contributed by atoms with van der Waals surface area (Å²) in [4.78, 5) is 24.6. The summed E-state index contributed by atoms with van der Waals surface area (Å²) >= 11 is 1.52. The molecule has 2 rings (SSSR count). The quantitative estimate of drug-likeness (QED) is 0.815. The first-order chi connectivity index (χ1) is 9.19. The Morgan fingerprint density at radius 2 is 2.00 bits per heavy atom. The summed E-state index contributed by atoms with van der Waals surface area (Å²) in [5, 5.41) is 11.7. The van der Waals surface area contributed by atoms with E-state index in [1.54, 1.807) is 4.90 Å². The highest BCUT2D eigenvalue weighted by atomic mass is 32.2. The number of aliphatic hydroxyl groups is 1. The van der Waals surface area contributed by atoms with Gasteiger partial charge in [-0.2, -0.15) is 0 Å². The van der Waals surface area contributed by atoms with Crippen LogP contribution in [0.15, 0.2) is 24.3 Å². The minimum Gasteiger partial charge on any atom is -0.392 e. The molecule has 1 aromatic carbocycles. The van der Waals surface area contributed by atoms with Crippen molar-refractivity contribution in [1.29, 1.82) is 0 Å². The number of aliphatic hydroxyl groups excluding tert-OH is 1. The second-order valence-electron chi connectivity index (χ2n) is 4.32. The predicted molar refractivity (Wildman–Crippen MR) is 73.2 cm³/mol. The van der Waals surface area contributed by atoms with Crippen molar-refractivity contribution in [1.82, 2.24) is 10.2 Å². The topological polar surface area (TPSA) is 69.6 Å². The van der Waals surface area contributed by atoms with E-state index in [9.17, 15) is 9.59 Å². The molecule has 1 heterocycles. The third kappa shape index (κ3) is 3.97. The lowest BCUT2D eigenvalue weighted by Gasteiger charge is -2.14. The molecule has 6 heteroatoms. The van der Waals surface area contributed by atoms with E-state index in [0.717, 1.165) is 11.1 Å². The van der Waals surface area contributed by atoms with Crippen LogP contribution >= 0.6 is 11.8 Å². The predicted octanol–water partition coefficient (Wildman–Crippen LogP) is 0.328. The second kappa shape index (κ2) is 6.58. The van der Waals surface area contributed by atoms with Crippen LogP contribution in [0.2, 0.25) is 0 Å². The monoisotopic (exact) mass is 280 g/mol. The van der Waals surface area contributed by atoms with Crippen LogP contribution in [-0.4, -0.2) is 40.0 Å². The highest BCUT2D eigenvalue weighted by Gasteiger charge is 2.22. The maximum absolute atomic E-state index is 11.7. The summed E-state index contributed by atoms with van der Waals surface area (Å²) in [5.41, 5.74) is 1.81. The molecule has 0 aliphatic carbocycles. The van der Waals surface area contributed by atoms with Crippen molar-refractivity contribution in [3.05, 3.63) is 35.4 Å². The van der Waals surface area contributed by atoms with Gasteiger partial charge in [0.05, 0.1) is 18.2 Å². The first kappa shape index (κ1) is 13.9. The minimum absolute atomic E-state index is 0.0153. The number of nitrogens with zero attached hydrogens (tertiary/aromatic N) is 1. The van der Waals surface area contributed by atoms with Gasteiger partial charge < -0.3 is 15.3 Å². The summed E-state index contributed by atoms with van der Waals surface area (Å²) < 4.78 is 0. The molecule has 0 spiro atoms. The smallest absolute Gasteiger partial charge is 0.239 e. The number of carbonyl (C=O) groups is 2. The number of nitrogens with one attached hydrogen (secondary N) is 1. The van der Waals surface area contributed by atoms with E-state index >= 15 is 0 Å². The zero-order valence-corrected chi connectivity index (χ0v) is 11.3. The van der Waals surface area contributed by atoms with E-state index < -0.39 is 0 Å². The van der Waals surface area contributed by atoms with Gasteiger partial charge in [-0.3, -0.25) is 9.59 Å². The Morgan fingerprint density at radius 3 is 2.58 bits per heavy atom. The standard InChI is InChI=1S/C13H16N2O3S/c16-7-11-3-1-10(2-4-11)5-14-12(17)6-15-9-19-8-13(15)18/h1-4,16H,5-9H2,(H,14,17). The Kier molecular flexibility index (Phi) is 4.81.